The van der Waals surface area contributed by atoms with Crippen LogP contribution in [0.5, 0.6) is 5.75 Å². The zero-order valence-corrected chi connectivity index (χ0v) is 18.4. The minimum absolute atomic E-state index is 0.0707. The van der Waals surface area contributed by atoms with Crippen molar-refractivity contribution >= 4 is 50.5 Å². The number of halogens is 2. The Labute approximate surface area is 184 Å². The van der Waals surface area contributed by atoms with Crippen LogP contribution in [0.2, 0.25) is 10.0 Å². The fourth-order valence-corrected chi connectivity index (χ4v) is 4.27. The van der Waals surface area contributed by atoms with E-state index in [4.69, 9.17) is 27.9 Å². The number of ether oxygens (including phenoxy) is 1. The largest absolute Gasteiger partial charge is 0.495 e. The molecule has 0 fully saturated rings. The highest BCUT2D eigenvalue weighted by molar-refractivity contribution is 7.92. The summed E-state index contributed by atoms with van der Waals surface area (Å²) in [6.45, 7) is 1.92. The Hall–Kier alpha value is -2.74. The lowest BCUT2D eigenvalue weighted by Crippen LogP contribution is -2.16. The van der Waals surface area contributed by atoms with Crippen LogP contribution in [-0.2, 0) is 10.0 Å². The third-order valence-corrected chi connectivity index (χ3v) is 5.97. The van der Waals surface area contributed by atoms with E-state index in [2.05, 4.69) is 10.0 Å². The van der Waals surface area contributed by atoms with Gasteiger partial charge >= 0.3 is 0 Å². The minimum Gasteiger partial charge on any atom is -0.495 e. The van der Waals surface area contributed by atoms with Crippen molar-refractivity contribution in [3.63, 3.8) is 0 Å². The summed E-state index contributed by atoms with van der Waals surface area (Å²) in [7, 11) is -2.55. The number of carbonyl (C=O) groups is 1. The zero-order valence-electron chi connectivity index (χ0n) is 16.1. The molecule has 0 bridgehead atoms. The highest BCUT2D eigenvalue weighted by Crippen LogP contribution is 2.30. The molecule has 0 atom stereocenters. The highest BCUT2D eigenvalue weighted by Gasteiger charge is 2.19. The predicted molar refractivity (Wildman–Crippen MR) is 119 cm³/mol. The minimum atomic E-state index is -3.97. The lowest BCUT2D eigenvalue weighted by Gasteiger charge is -2.14. The average Bonchev–Trinajstić information content (AvgIpc) is 2.67. The number of nitrogens with one attached hydrogen (secondary N) is 2. The summed E-state index contributed by atoms with van der Waals surface area (Å²) in [6.07, 6.45) is 0. The van der Waals surface area contributed by atoms with Gasteiger partial charge in [0.15, 0.2) is 0 Å². The quantitative estimate of drug-likeness (QED) is 0.513. The molecule has 6 nitrogen and oxygen atoms in total. The molecule has 9 heteroatoms. The molecule has 0 aliphatic heterocycles. The van der Waals surface area contributed by atoms with E-state index < -0.39 is 15.9 Å². The standard InChI is InChI=1S/C21H18Cl2N2O4S/c1-13-3-5-14(6-4-13)21(26)24-19-12-18(7-8-20(19)29-2)30(27,28)25-17-10-15(22)9-16(23)11-17/h3-12,25H,1-2H3,(H,24,26). The first-order chi connectivity index (χ1) is 14.2. The van der Waals surface area contributed by atoms with Crippen LogP contribution in [0.25, 0.3) is 0 Å². The van der Waals surface area contributed by atoms with Gasteiger partial charge in [-0.2, -0.15) is 0 Å². The fourth-order valence-electron chi connectivity index (χ4n) is 2.68. The van der Waals surface area contributed by atoms with Gasteiger partial charge in [-0.25, -0.2) is 8.42 Å². The van der Waals surface area contributed by atoms with E-state index in [-0.39, 0.29) is 16.3 Å². The zero-order chi connectivity index (χ0) is 21.9. The molecule has 30 heavy (non-hydrogen) atoms. The van der Waals surface area contributed by atoms with Crippen molar-refractivity contribution < 1.29 is 17.9 Å². The van der Waals surface area contributed by atoms with Crippen molar-refractivity contribution in [3.8, 4) is 5.75 Å². The molecule has 0 aliphatic rings. The molecule has 0 aliphatic carbocycles. The first-order valence-corrected chi connectivity index (χ1v) is 11.0. The summed E-state index contributed by atoms with van der Waals surface area (Å²) in [4.78, 5) is 12.5. The van der Waals surface area contributed by atoms with Crippen LogP contribution < -0.4 is 14.8 Å². The Balaban J connectivity index is 1.90. The second-order valence-corrected chi connectivity index (χ2v) is 9.00. The van der Waals surface area contributed by atoms with E-state index in [0.717, 1.165) is 5.56 Å². The summed E-state index contributed by atoms with van der Waals surface area (Å²) in [5, 5.41) is 3.28. The van der Waals surface area contributed by atoms with Crippen molar-refractivity contribution in [1.29, 1.82) is 0 Å². The monoisotopic (exact) mass is 464 g/mol. The van der Waals surface area contributed by atoms with Gasteiger partial charge in [0.25, 0.3) is 15.9 Å². The van der Waals surface area contributed by atoms with Gasteiger partial charge in [0.1, 0.15) is 5.75 Å². The molecular weight excluding hydrogens is 447 g/mol. The number of methoxy groups -OCH3 is 1. The number of rotatable bonds is 6. The van der Waals surface area contributed by atoms with Gasteiger partial charge in [0.05, 0.1) is 23.4 Å². The van der Waals surface area contributed by atoms with Crippen molar-refractivity contribution in [3.05, 3.63) is 81.8 Å². The van der Waals surface area contributed by atoms with Crippen LogP contribution in [0.3, 0.4) is 0 Å². The van der Waals surface area contributed by atoms with Gasteiger partial charge in [-0.1, -0.05) is 40.9 Å². The molecule has 0 aromatic heterocycles. The van der Waals surface area contributed by atoms with Crippen molar-refractivity contribution in [2.75, 3.05) is 17.1 Å². The lowest BCUT2D eigenvalue weighted by atomic mass is 10.1. The molecule has 0 heterocycles. The number of anilines is 2. The van der Waals surface area contributed by atoms with Gasteiger partial charge < -0.3 is 10.1 Å². The molecule has 0 saturated heterocycles. The molecule has 1 amide bonds. The Kier molecular flexibility index (Phi) is 6.55. The average molecular weight is 465 g/mol. The molecule has 0 saturated carbocycles. The number of benzene rings is 3. The maximum atomic E-state index is 12.8. The molecule has 2 N–H and O–H groups in total. The molecular formula is C21H18Cl2N2O4S. The predicted octanol–water partition coefficient (Wildman–Crippen LogP) is 5.36. The topological polar surface area (TPSA) is 84.5 Å². The maximum absolute atomic E-state index is 12.8. The smallest absolute Gasteiger partial charge is 0.261 e. The maximum Gasteiger partial charge on any atom is 0.261 e. The lowest BCUT2D eigenvalue weighted by molar-refractivity contribution is 0.102. The third kappa shape index (κ3) is 5.24. The molecule has 3 rings (SSSR count). The highest BCUT2D eigenvalue weighted by atomic mass is 35.5. The Morgan fingerprint density at radius 2 is 1.57 bits per heavy atom. The van der Waals surface area contributed by atoms with Crippen LogP contribution in [0, 0.1) is 6.92 Å². The van der Waals surface area contributed by atoms with Gasteiger partial charge in [0, 0.05) is 15.6 Å². The van der Waals surface area contributed by atoms with E-state index >= 15 is 0 Å². The Bertz CT molecular complexity index is 1180. The van der Waals surface area contributed by atoms with Gasteiger partial charge in [0.2, 0.25) is 0 Å². The fraction of sp³-hybridized carbons (Fsp3) is 0.0952. The second kappa shape index (κ2) is 8.95. The van der Waals surface area contributed by atoms with Crippen LogP contribution in [0.15, 0.2) is 65.6 Å². The second-order valence-electron chi connectivity index (χ2n) is 6.45. The van der Waals surface area contributed by atoms with E-state index in [9.17, 15) is 13.2 Å². The number of hydrogen-bond acceptors (Lipinski definition) is 4. The molecule has 0 spiro atoms. The van der Waals surface area contributed by atoms with Crippen LogP contribution in [0.4, 0.5) is 11.4 Å². The van der Waals surface area contributed by atoms with Crippen molar-refractivity contribution in [2.45, 2.75) is 11.8 Å². The summed E-state index contributed by atoms with van der Waals surface area (Å²) < 4.78 is 33.3. The van der Waals surface area contributed by atoms with E-state index in [1.54, 1.807) is 12.1 Å². The molecule has 3 aromatic carbocycles. The molecule has 156 valence electrons. The summed E-state index contributed by atoms with van der Waals surface area (Å²) in [5.41, 5.74) is 1.88. The number of sulfonamides is 1. The summed E-state index contributed by atoms with van der Waals surface area (Å²) in [5.74, 6) is -0.0716. The van der Waals surface area contributed by atoms with Crippen molar-refractivity contribution in [1.82, 2.24) is 0 Å². The number of aryl methyl sites for hydroxylation is 1. The normalized spacial score (nSPS) is 11.1. The number of carbonyl (C=O) groups excluding carboxylic acids is 1. The summed E-state index contributed by atoms with van der Waals surface area (Å²) >= 11 is 11.9. The first-order valence-electron chi connectivity index (χ1n) is 8.73. The van der Waals surface area contributed by atoms with Crippen LogP contribution >= 0.6 is 23.2 Å². The van der Waals surface area contributed by atoms with E-state index in [1.807, 2.05) is 19.1 Å². The number of hydrogen-bond donors (Lipinski definition) is 2. The molecule has 3 aromatic rings. The molecule has 0 unspecified atom stereocenters. The first kappa shape index (κ1) is 22.0. The molecule has 0 radical (unpaired) electrons. The van der Waals surface area contributed by atoms with E-state index in [0.29, 0.717) is 21.4 Å². The van der Waals surface area contributed by atoms with Crippen LogP contribution in [-0.4, -0.2) is 21.4 Å². The van der Waals surface area contributed by atoms with Gasteiger partial charge in [-0.3, -0.25) is 9.52 Å². The van der Waals surface area contributed by atoms with Gasteiger partial charge in [-0.05, 0) is 55.5 Å². The SMILES string of the molecule is COc1ccc(S(=O)(=O)Nc2cc(Cl)cc(Cl)c2)cc1NC(=O)c1ccc(C)cc1. The summed E-state index contributed by atoms with van der Waals surface area (Å²) in [6, 6.07) is 15.5. The van der Waals surface area contributed by atoms with Crippen molar-refractivity contribution in [2.24, 2.45) is 0 Å². The number of amides is 1. The Morgan fingerprint density at radius 3 is 2.17 bits per heavy atom. The third-order valence-electron chi connectivity index (χ3n) is 4.16. The Morgan fingerprint density at radius 1 is 0.933 bits per heavy atom. The van der Waals surface area contributed by atoms with Gasteiger partial charge in [-0.15, -0.1) is 0 Å². The van der Waals surface area contributed by atoms with Crippen LogP contribution in [0.1, 0.15) is 15.9 Å². The van der Waals surface area contributed by atoms with E-state index in [1.165, 1.54) is 43.5 Å².